The topological polar surface area (TPSA) is 95.6 Å². The van der Waals surface area contributed by atoms with Gasteiger partial charge in [-0.1, -0.05) is 6.07 Å². The Bertz CT molecular complexity index is 1350. The van der Waals surface area contributed by atoms with Crippen molar-refractivity contribution >= 4 is 21.9 Å². The van der Waals surface area contributed by atoms with Gasteiger partial charge in [-0.15, -0.1) is 0 Å². The number of benzene rings is 2. The summed E-state index contributed by atoms with van der Waals surface area (Å²) >= 11 is 0. The lowest BCUT2D eigenvalue weighted by Gasteiger charge is -2.33. The molecule has 2 aromatic carbocycles. The quantitative estimate of drug-likeness (QED) is 0.451. The summed E-state index contributed by atoms with van der Waals surface area (Å²) in [6.07, 6.45) is -2.38. The largest absolute Gasteiger partial charge is 0.402 e. The highest BCUT2D eigenvalue weighted by Gasteiger charge is 2.60. The van der Waals surface area contributed by atoms with E-state index in [0.29, 0.717) is 35.6 Å². The second-order valence-electron chi connectivity index (χ2n) is 10.0. The van der Waals surface area contributed by atoms with Gasteiger partial charge in [0.05, 0.1) is 12.1 Å². The normalized spacial score (nSPS) is 26.6. The Labute approximate surface area is 211 Å². The maximum Gasteiger partial charge on any atom is 0.402 e. The first kappa shape index (κ1) is 25.8. The highest BCUT2D eigenvalue weighted by atomic mass is 32.2. The van der Waals surface area contributed by atoms with Crippen LogP contribution in [0.15, 0.2) is 42.5 Å². The number of nitrogens with zero attached hydrogens (tertiary/aromatic N) is 1. The molecule has 198 valence electrons. The van der Waals surface area contributed by atoms with Crippen molar-refractivity contribution in [2.45, 2.75) is 37.4 Å². The number of rotatable bonds is 5. The number of hydrogen-bond acceptors (Lipinski definition) is 4. The summed E-state index contributed by atoms with van der Waals surface area (Å²) in [7, 11) is -4.27. The third-order valence-electron chi connectivity index (χ3n) is 7.75. The lowest BCUT2D eigenvalue weighted by atomic mass is 9.79. The minimum absolute atomic E-state index is 0.167. The zero-order valence-corrected chi connectivity index (χ0v) is 20.5. The molecule has 7 nitrogen and oxygen atoms in total. The van der Waals surface area contributed by atoms with Crippen molar-refractivity contribution < 1.29 is 35.6 Å². The highest BCUT2D eigenvalue weighted by Crippen LogP contribution is 2.50. The molecule has 3 aliphatic rings. The van der Waals surface area contributed by atoms with Crippen LogP contribution >= 0.6 is 0 Å². The Kier molecular flexibility index (Phi) is 6.40. The van der Waals surface area contributed by atoms with Gasteiger partial charge in [0.25, 0.3) is 16.1 Å². The van der Waals surface area contributed by atoms with Crippen LogP contribution in [-0.4, -0.2) is 55.8 Å². The molecule has 5 rings (SSSR count). The highest BCUT2D eigenvalue weighted by molar-refractivity contribution is 7.87. The Morgan fingerprint density at radius 1 is 1.00 bits per heavy atom. The number of ketones is 1. The molecular weight excluding hydrogens is 514 g/mol. The maximum atomic E-state index is 13.1. The molecule has 1 aliphatic heterocycles. The van der Waals surface area contributed by atoms with Crippen LogP contribution in [0.2, 0.25) is 0 Å². The lowest BCUT2D eigenvalue weighted by Crippen LogP contribution is -2.52. The van der Waals surface area contributed by atoms with Gasteiger partial charge in [-0.05, 0) is 85.0 Å². The first-order valence-corrected chi connectivity index (χ1v) is 13.3. The molecular formula is C25H25F4N3O4S. The van der Waals surface area contributed by atoms with Gasteiger partial charge in [0.1, 0.15) is 12.4 Å². The van der Waals surface area contributed by atoms with Gasteiger partial charge in [-0.2, -0.15) is 30.6 Å². The third-order valence-corrected chi connectivity index (χ3v) is 9.33. The van der Waals surface area contributed by atoms with Gasteiger partial charge in [-0.3, -0.25) is 9.59 Å². The lowest BCUT2D eigenvalue weighted by molar-refractivity contribution is -0.136. The number of halogens is 4. The summed E-state index contributed by atoms with van der Waals surface area (Å²) in [5, 5.41) is 2.57. The number of hydrogen-bond donors (Lipinski definition) is 2. The van der Waals surface area contributed by atoms with Gasteiger partial charge in [-0.25, -0.2) is 4.39 Å². The Morgan fingerprint density at radius 2 is 1.62 bits per heavy atom. The van der Waals surface area contributed by atoms with Crippen LogP contribution in [0.3, 0.4) is 0 Å². The summed E-state index contributed by atoms with van der Waals surface area (Å²) in [4.78, 5) is 25.0. The average molecular weight is 540 g/mol. The molecule has 0 unspecified atom stereocenters. The molecule has 2 aromatic rings. The van der Waals surface area contributed by atoms with E-state index in [1.807, 2.05) is 0 Å². The van der Waals surface area contributed by atoms with Gasteiger partial charge >= 0.3 is 6.18 Å². The minimum Gasteiger partial charge on any atom is -0.345 e. The van der Waals surface area contributed by atoms with Crippen LogP contribution in [0.1, 0.15) is 44.7 Å². The summed E-state index contributed by atoms with van der Waals surface area (Å²) in [6.45, 7) is -2.04. The molecule has 1 heterocycles. The van der Waals surface area contributed by atoms with Crippen LogP contribution in [-0.2, 0) is 23.1 Å². The van der Waals surface area contributed by atoms with Crippen molar-refractivity contribution in [2.24, 2.45) is 11.8 Å². The van der Waals surface area contributed by atoms with E-state index < -0.39 is 40.2 Å². The molecule has 12 heteroatoms. The SMILES string of the molecule is O=C(CNC(=O)c1ccc2c(c1)C[C@@H]1CC[C@H](C2)[C@]12CN(CC(F)(F)F)S(=O)(=O)N2)c1ccc(F)cc1. The predicted molar refractivity (Wildman–Crippen MR) is 126 cm³/mol. The second-order valence-corrected chi connectivity index (χ2v) is 11.7. The number of alkyl halides is 3. The first-order valence-electron chi connectivity index (χ1n) is 11.9. The van der Waals surface area contributed by atoms with E-state index in [1.54, 1.807) is 18.2 Å². The van der Waals surface area contributed by atoms with E-state index in [9.17, 15) is 35.6 Å². The van der Waals surface area contributed by atoms with Crippen LogP contribution in [0.25, 0.3) is 0 Å². The van der Waals surface area contributed by atoms with Crippen molar-refractivity contribution in [1.29, 1.82) is 0 Å². The summed E-state index contributed by atoms with van der Waals surface area (Å²) in [5.74, 6) is -1.70. The molecule has 1 amide bonds. The number of carbonyl (C=O) groups excluding carboxylic acids is 2. The standard InChI is InChI=1S/C25H25F4N3O4S/c26-21-7-3-15(4-8-21)22(33)12-30-23(34)17-2-1-16-10-19-5-6-20(11-18(16)9-17)24(19)13-32(14-25(27,28)29)37(35,36)31-24/h1-4,7-9,19-20,31H,5-6,10-14H2,(H,30,34)/t19-,20+,24-/m1/s1. The van der Waals surface area contributed by atoms with E-state index in [4.69, 9.17) is 0 Å². The summed E-state index contributed by atoms with van der Waals surface area (Å²) in [5.41, 5.74) is 1.37. The second kappa shape index (κ2) is 9.17. The van der Waals surface area contributed by atoms with Crippen molar-refractivity contribution in [3.63, 3.8) is 0 Å². The van der Waals surface area contributed by atoms with Gasteiger partial charge in [0.2, 0.25) is 0 Å². The Hall–Kier alpha value is -2.83. The van der Waals surface area contributed by atoms with Crippen molar-refractivity contribution in [3.05, 3.63) is 70.5 Å². The van der Waals surface area contributed by atoms with E-state index in [2.05, 4.69) is 10.0 Å². The fraction of sp³-hybridized carbons (Fsp3) is 0.440. The van der Waals surface area contributed by atoms with Crippen molar-refractivity contribution in [3.8, 4) is 0 Å². The molecule has 0 radical (unpaired) electrons. The zero-order chi connectivity index (χ0) is 26.6. The van der Waals surface area contributed by atoms with E-state index in [1.165, 1.54) is 12.1 Å². The van der Waals surface area contributed by atoms with Crippen molar-refractivity contribution in [2.75, 3.05) is 19.6 Å². The van der Waals surface area contributed by atoms with Crippen LogP contribution in [0.5, 0.6) is 0 Å². The Morgan fingerprint density at radius 3 is 2.27 bits per heavy atom. The number of Topliss-reactive ketones (excluding diaryl/α,β-unsaturated/α-hetero) is 1. The van der Waals surface area contributed by atoms with Gasteiger partial charge in [0.15, 0.2) is 5.78 Å². The molecule has 0 aromatic heterocycles. The molecule has 1 spiro atoms. The minimum atomic E-state index is -4.65. The molecule has 1 saturated heterocycles. The molecule has 2 bridgehead atoms. The molecule has 37 heavy (non-hydrogen) atoms. The fourth-order valence-electron chi connectivity index (χ4n) is 5.99. The molecule has 2 fully saturated rings. The number of carbonyl (C=O) groups is 2. The molecule has 2 N–H and O–H groups in total. The first-order chi connectivity index (χ1) is 17.4. The fourth-order valence-corrected chi connectivity index (χ4v) is 7.69. The third kappa shape index (κ3) is 5.01. The summed E-state index contributed by atoms with van der Waals surface area (Å²) in [6, 6.07) is 10.1. The average Bonchev–Trinajstić information content (AvgIpc) is 3.20. The monoisotopic (exact) mass is 539 g/mol. The number of nitrogens with one attached hydrogen (secondary N) is 2. The van der Waals surface area contributed by atoms with Crippen LogP contribution in [0, 0.1) is 17.7 Å². The molecule has 3 atom stereocenters. The molecule has 2 aliphatic carbocycles. The van der Waals surface area contributed by atoms with Crippen molar-refractivity contribution in [1.82, 2.24) is 14.3 Å². The zero-order valence-electron chi connectivity index (χ0n) is 19.6. The van der Waals surface area contributed by atoms with E-state index in [-0.39, 0.29) is 36.3 Å². The predicted octanol–water partition coefficient (Wildman–Crippen LogP) is 3.01. The number of amides is 1. The van der Waals surface area contributed by atoms with Crippen LogP contribution in [0.4, 0.5) is 17.6 Å². The van der Waals surface area contributed by atoms with E-state index >= 15 is 0 Å². The van der Waals surface area contributed by atoms with Gasteiger partial charge < -0.3 is 5.32 Å². The molecule has 1 saturated carbocycles. The van der Waals surface area contributed by atoms with Gasteiger partial charge in [0, 0.05) is 17.7 Å². The maximum absolute atomic E-state index is 13.1. The summed E-state index contributed by atoms with van der Waals surface area (Å²) < 4.78 is 80.6. The van der Waals surface area contributed by atoms with Crippen LogP contribution < -0.4 is 10.0 Å². The smallest absolute Gasteiger partial charge is 0.345 e. The van der Waals surface area contributed by atoms with E-state index in [0.717, 1.165) is 23.3 Å². The Balaban J connectivity index is 1.31. The number of fused-ring (bicyclic) bond motifs is 1.